The highest BCUT2D eigenvalue weighted by Gasteiger charge is 2.20. The molecule has 19 heavy (non-hydrogen) atoms. The molecule has 0 radical (unpaired) electrons. The Morgan fingerprint density at radius 1 is 1.26 bits per heavy atom. The molecule has 0 spiro atoms. The van der Waals surface area contributed by atoms with Gasteiger partial charge in [-0.2, -0.15) is 8.78 Å². The van der Waals surface area contributed by atoms with E-state index in [1.165, 1.54) is 11.3 Å². The molecular weight excluding hydrogens is 278 g/mol. The van der Waals surface area contributed by atoms with Crippen LogP contribution in [0.3, 0.4) is 0 Å². The second-order valence-corrected chi connectivity index (χ2v) is 4.70. The van der Waals surface area contributed by atoms with Crippen LogP contribution in [0.2, 0.25) is 0 Å². The van der Waals surface area contributed by atoms with Crippen LogP contribution in [-0.2, 0) is 4.74 Å². The molecule has 3 rings (SSSR count). The molecule has 6 nitrogen and oxygen atoms in total. The lowest BCUT2D eigenvalue weighted by atomic mass is 10.4. The van der Waals surface area contributed by atoms with Crippen LogP contribution in [0.15, 0.2) is 9.80 Å². The van der Waals surface area contributed by atoms with Crippen LogP contribution in [-0.4, -0.2) is 41.5 Å². The maximum atomic E-state index is 12.4. The van der Waals surface area contributed by atoms with E-state index >= 15 is 0 Å². The lowest BCUT2D eigenvalue weighted by Gasteiger charge is -2.25. The lowest BCUT2D eigenvalue weighted by Crippen LogP contribution is -2.36. The summed E-state index contributed by atoms with van der Waals surface area (Å²) in [5, 5.41) is 9.37. The summed E-state index contributed by atoms with van der Waals surface area (Å²) in [6.07, 6.45) is -2.77. The highest BCUT2D eigenvalue weighted by molar-refractivity contribution is 7.14. The average Bonchev–Trinajstić information content (AvgIpc) is 3.09. The van der Waals surface area contributed by atoms with E-state index in [1.807, 2.05) is 0 Å². The molecule has 9 heteroatoms. The maximum Gasteiger partial charge on any atom is 0.314 e. The van der Waals surface area contributed by atoms with Crippen molar-refractivity contribution in [2.75, 3.05) is 31.2 Å². The Labute approximate surface area is 111 Å². The number of alkyl halides is 2. The number of morpholine rings is 1. The van der Waals surface area contributed by atoms with Gasteiger partial charge in [0.2, 0.25) is 0 Å². The van der Waals surface area contributed by atoms with E-state index in [2.05, 4.69) is 20.1 Å². The third kappa shape index (κ3) is 2.56. The molecule has 0 aromatic carbocycles. The Morgan fingerprint density at radius 3 is 2.74 bits per heavy atom. The summed E-state index contributed by atoms with van der Waals surface area (Å²) in [5.41, 5.74) is 0.422. The number of nitrogens with zero attached hydrogens (tertiary/aromatic N) is 4. The Balaban J connectivity index is 1.79. The van der Waals surface area contributed by atoms with Gasteiger partial charge in [0.15, 0.2) is 5.13 Å². The molecule has 102 valence electrons. The first-order chi connectivity index (χ1) is 9.24. The molecule has 1 saturated heterocycles. The zero-order valence-electron chi connectivity index (χ0n) is 9.75. The normalized spacial score (nSPS) is 16.3. The Kier molecular flexibility index (Phi) is 3.38. The Morgan fingerprint density at radius 2 is 2.05 bits per heavy atom. The quantitative estimate of drug-likeness (QED) is 0.860. The minimum Gasteiger partial charge on any atom is -0.414 e. The van der Waals surface area contributed by atoms with Gasteiger partial charge in [-0.1, -0.05) is 0 Å². The smallest absolute Gasteiger partial charge is 0.314 e. The molecule has 0 saturated carbocycles. The van der Waals surface area contributed by atoms with Crippen LogP contribution >= 0.6 is 11.3 Å². The standard InChI is InChI=1S/C10H10F2N4O2S/c11-7(12)9-15-14-8(18-9)6-5-19-10(13-6)16-1-3-17-4-2-16/h5,7H,1-4H2. The fraction of sp³-hybridized carbons (Fsp3) is 0.500. The second-order valence-electron chi connectivity index (χ2n) is 3.86. The van der Waals surface area contributed by atoms with E-state index in [0.29, 0.717) is 18.9 Å². The molecule has 1 aliphatic heterocycles. The monoisotopic (exact) mass is 288 g/mol. The predicted octanol–water partition coefficient (Wildman–Crippen LogP) is 1.97. The summed E-state index contributed by atoms with van der Waals surface area (Å²) < 4.78 is 34.8. The molecule has 0 aliphatic carbocycles. The highest BCUT2D eigenvalue weighted by atomic mass is 32.1. The highest BCUT2D eigenvalue weighted by Crippen LogP contribution is 2.28. The molecule has 2 aromatic rings. The van der Waals surface area contributed by atoms with Gasteiger partial charge in [-0.3, -0.25) is 0 Å². The van der Waals surface area contributed by atoms with Crippen LogP contribution < -0.4 is 4.90 Å². The summed E-state index contributed by atoms with van der Waals surface area (Å²) >= 11 is 1.41. The Bertz CT molecular complexity index is 553. The van der Waals surface area contributed by atoms with E-state index in [4.69, 9.17) is 9.15 Å². The molecule has 0 bridgehead atoms. The van der Waals surface area contributed by atoms with Gasteiger partial charge in [0.1, 0.15) is 5.69 Å². The van der Waals surface area contributed by atoms with Crippen molar-refractivity contribution in [1.82, 2.24) is 15.2 Å². The van der Waals surface area contributed by atoms with Gasteiger partial charge >= 0.3 is 6.43 Å². The van der Waals surface area contributed by atoms with Crippen molar-refractivity contribution in [3.05, 3.63) is 11.3 Å². The largest absolute Gasteiger partial charge is 0.414 e. The SMILES string of the molecule is FC(F)c1nnc(-c2csc(N3CCOCC3)n2)o1. The minimum atomic E-state index is -2.77. The van der Waals surface area contributed by atoms with Gasteiger partial charge in [0, 0.05) is 18.5 Å². The third-order valence-electron chi connectivity index (χ3n) is 2.62. The minimum absolute atomic E-state index is 0.0195. The number of halogens is 2. The van der Waals surface area contributed by atoms with E-state index in [0.717, 1.165) is 18.2 Å². The summed E-state index contributed by atoms with van der Waals surface area (Å²) in [6.45, 7) is 2.84. The zero-order valence-corrected chi connectivity index (χ0v) is 10.6. The van der Waals surface area contributed by atoms with Gasteiger partial charge < -0.3 is 14.1 Å². The Hall–Kier alpha value is -1.61. The second kappa shape index (κ2) is 5.17. The molecule has 1 aliphatic rings. The van der Waals surface area contributed by atoms with Gasteiger partial charge in [-0.05, 0) is 0 Å². The van der Waals surface area contributed by atoms with Crippen LogP contribution in [0.4, 0.5) is 13.9 Å². The predicted molar refractivity (Wildman–Crippen MR) is 63.4 cm³/mol. The number of aromatic nitrogens is 3. The molecule has 0 amide bonds. The fourth-order valence-corrected chi connectivity index (χ4v) is 2.54. The molecule has 1 fully saturated rings. The molecule has 2 aromatic heterocycles. The number of hydrogen-bond donors (Lipinski definition) is 0. The first-order valence-corrected chi connectivity index (χ1v) is 6.52. The molecular formula is C10H10F2N4O2S. The first kappa shape index (κ1) is 12.4. The summed E-state index contributed by atoms with van der Waals surface area (Å²) in [5.74, 6) is -0.665. The number of hydrogen-bond acceptors (Lipinski definition) is 7. The summed E-state index contributed by atoms with van der Waals surface area (Å²) in [6, 6.07) is 0. The summed E-state index contributed by atoms with van der Waals surface area (Å²) in [7, 11) is 0. The lowest BCUT2D eigenvalue weighted by molar-refractivity contribution is 0.116. The van der Waals surface area contributed by atoms with Crippen LogP contribution in [0, 0.1) is 0 Å². The molecule has 0 N–H and O–H groups in total. The topological polar surface area (TPSA) is 64.3 Å². The number of rotatable bonds is 3. The first-order valence-electron chi connectivity index (χ1n) is 5.64. The van der Waals surface area contributed by atoms with Crippen molar-refractivity contribution in [3.63, 3.8) is 0 Å². The van der Waals surface area contributed by atoms with E-state index in [-0.39, 0.29) is 5.89 Å². The zero-order chi connectivity index (χ0) is 13.2. The van der Waals surface area contributed by atoms with Crippen molar-refractivity contribution in [2.45, 2.75) is 6.43 Å². The average molecular weight is 288 g/mol. The number of thiazole rings is 1. The van der Waals surface area contributed by atoms with Crippen molar-refractivity contribution in [3.8, 4) is 11.6 Å². The number of ether oxygens (including phenoxy) is 1. The van der Waals surface area contributed by atoms with Gasteiger partial charge in [0.25, 0.3) is 11.8 Å². The van der Waals surface area contributed by atoms with Crippen molar-refractivity contribution >= 4 is 16.5 Å². The van der Waals surface area contributed by atoms with Gasteiger partial charge in [-0.25, -0.2) is 4.98 Å². The van der Waals surface area contributed by atoms with E-state index in [1.54, 1.807) is 5.38 Å². The molecule has 3 heterocycles. The van der Waals surface area contributed by atoms with E-state index in [9.17, 15) is 8.78 Å². The van der Waals surface area contributed by atoms with Crippen LogP contribution in [0.5, 0.6) is 0 Å². The van der Waals surface area contributed by atoms with E-state index < -0.39 is 12.3 Å². The van der Waals surface area contributed by atoms with Crippen LogP contribution in [0.25, 0.3) is 11.6 Å². The van der Waals surface area contributed by atoms with Crippen LogP contribution in [0.1, 0.15) is 12.3 Å². The summed E-state index contributed by atoms with van der Waals surface area (Å²) in [4.78, 5) is 6.40. The third-order valence-corrected chi connectivity index (χ3v) is 3.52. The molecule has 0 unspecified atom stereocenters. The van der Waals surface area contributed by atoms with Crippen molar-refractivity contribution in [2.24, 2.45) is 0 Å². The van der Waals surface area contributed by atoms with Gasteiger partial charge in [0.05, 0.1) is 13.2 Å². The van der Waals surface area contributed by atoms with Crippen molar-refractivity contribution < 1.29 is 17.9 Å². The maximum absolute atomic E-state index is 12.4. The molecule has 0 atom stereocenters. The fourth-order valence-electron chi connectivity index (χ4n) is 1.69. The number of anilines is 1. The van der Waals surface area contributed by atoms with Crippen molar-refractivity contribution in [1.29, 1.82) is 0 Å². The van der Waals surface area contributed by atoms with Gasteiger partial charge in [-0.15, -0.1) is 21.5 Å².